The van der Waals surface area contributed by atoms with Crippen molar-refractivity contribution in [2.75, 3.05) is 13.1 Å². The zero-order chi connectivity index (χ0) is 19.3. The van der Waals surface area contributed by atoms with Crippen molar-refractivity contribution >= 4 is 11.8 Å². The molecule has 3 aromatic rings. The van der Waals surface area contributed by atoms with Gasteiger partial charge in [-0.05, 0) is 37.1 Å². The van der Waals surface area contributed by atoms with Crippen LogP contribution in [0.2, 0.25) is 0 Å². The lowest BCUT2D eigenvalue weighted by molar-refractivity contribution is -0.126. The molecule has 0 bridgehead atoms. The van der Waals surface area contributed by atoms with E-state index in [1.807, 2.05) is 24.4 Å². The minimum absolute atomic E-state index is 0.0628. The van der Waals surface area contributed by atoms with Crippen molar-refractivity contribution in [2.24, 2.45) is 5.92 Å². The molecule has 4 rings (SSSR count). The normalized spacial score (nSPS) is 16.7. The fourth-order valence-corrected chi connectivity index (χ4v) is 3.43. The first-order valence-electron chi connectivity index (χ1n) is 9.27. The van der Waals surface area contributed by atoms with Crippen molar-refractivity contribution in [1.82, 2.24) is 25.0 Å². The van der Waals surface area contributed by atoms with E-state index in [4.69, 9.17) is 4.42 Å². The first-order valence-corrected chi connectivity index (χ1v) is 9.27. The molecule has 0 aromatic carbocycles. The monoisotopic (exact) mass is 379 g/mol. The maximum atomic E-state index is 12.7. The number of carbonyl (C=O) groups is 2. The van der Waals surface area contributed by atoms with Crippen molar-refractivity contribution in [2.45, 2.75) is 19.4 Å². The van der Waals surface area contributed by atoms with Crippen molar-refractivity contribution in [3.8, 4) is 5.82 Å². The fourth-order valence-electron chi connectivity index (χ4n) is 3.43. The van der Waals surface area contributed by atoms with Gasteiger partial charge in [0.25, 0.3) is 5.91 Å². The average Bonchev–Trinajstić information content (AvgIpc) is 3.46. The molecule has 1 saturated heterocycles. The third kappa shape index (κ3) is 3.80. The smallest absolute Gasteiger partial charge is 0.289 e. The quantitative estimate of drug-likeness (QED) is 0.732. The van der Waals surface area contributed by atoms with Crippen LogP contribution in [0.3, 0.4) is 0 Å². The lowest BCUT2D eigenvalue weighted by Crippen LogP contribution is -2.45. The van der Waals surface area contributed by atoms with E-state index in [1.54, 1.807) is 34.1 Å². The maximum absolute atomic E-state index is 12.7. The van der Waals surface area contributed by atoms with Crippen molar-refractivity contribution in [3.05, 3.63) is 66.5 Å². The highest BCUT2D eigenvalue weighted by Gasteiger charge is 2.29. The van der Waals surface area contributed by atoms with E-state index in [1.165, 1.54) is 6.26 Å². The Morgan fingerprint density at radius 2 is 2.14 bits per heavy atom. The predicted molar refractivity (Wildman–Crippen MR) is 101 cm³/mol. The zero-order valence-electron chi connectivity index (χ0n) is 15.3. The van der Waals surface area contributed by atoms with E-state index in [2.05, 4.69) is 15.4 Å². The molecule has 2 amide bonds. The highest BCUT2D eigenvalue weighted by molar-refractivity contribution is 5.92. The number of furan rings is 1. The van der Waals surface area contributed by atoms with Gasteiger partial charge >= 0.3 is 0 Å². The summed E-state index contributed by atoms with van der Waals surface area (Å²) in [7, 11) is 0. The topological polar surface area (TPSA) is 93.3 Å². The third-order valence-corrected chi connectivity index (χ3v) is 4.85. The molecule has 8 nitrogen and oxygen atoms in total. The number of nitrogens with zero attached hydrogens (tertiary/aromatic N) is 4. The molecule has 0 aliphatic carbocycles. The number of pyridine rings is 1. The molecular formula is C20H21N5O3. The van der Waals surface area contributed by atoms with Gasteiger partial charge in [-0.25, -0.2) is 9.67 Å². The summed E-state index contributed by atoms with van der Waals surface area (Å²) in [6.45, 7) is 1.38. The third-order valence-electron chi connectivity index (χ3n) is 4.85. The van der Waals surface area contributed by atoms with Crippen LogP contribution in [0.25, 0.3) is 5.82 Å². The van der Waals surface area contributed by atoms with Crippen molar-refractivity contribution < 1.29 is 14.0 Å². The summed E-state index contributed by atoms with van der Waals surface area (Å²) in [5, 5.41) is 7.19. The van der Waals surface area contributed by atoms with Crippen LogP contribution < -0.4 is 5.32 Å². The molecular weight excluding hydrogens is 358 g/mol. The van der Waals surface area contributed by atoms with Gasteiger partial charge in [-0.1, -0.05) is 6.07 Å². The number of likely N-dealkylation sites (tertiary alicyclic amines) is 1. The van der Waals surface area contributed by atoms with E-state index >= 15 is 0 Å². The number of hydrogen-bond donors (Lipinski definition) is 1. The van der Waals surface area contributed by atoms with E-state index in [0.717, 1.165) is 18.4 Å². The summed E-state index contributed by atoms with van der Waals surface area (Å²) in [6, 6.07) is 8.90. The Balaban J connectivity index is 1.39. The molecule has 28 heavy (non-hydrogen) atoms. The molecule has 0 spiro atoms. The predicted octanol–water partition coefficient (Wildman–Crippen LogP) is 2.03. The number of rotatable bonds is 5. The number of piperidine rings is 1. The Labute approximate surface area is 162 Å². The summed E-state index contributed by atoms with van der Waals surface area (Å²) in [4.78, 5) is 31.2. The number of carbonyl (C=O) groups excluding carboxylic acids is 2. The summed E-state index contributed by atoms with van der Waals surface area (Å²) in [6.07, 6.45) is 8.22. The lowest BCUT2D eigenvalue weighted by Gasteiger charge is -2.31. The average molecular weight is 379 g/mol. The lowest BCUT2D eigenvalue weighted by atomic mass is 9.97. The summed E-state index contributed by atoms with van der Waals surface area (Å²) in [5.74, 6) is 0.520. The molecule has 1 aliphatic heterocycles. The minimum Gasteiger partial charge on any atom is -0.459 e. The van der Waals surface area contributed by atoms with Gasteiger partial charge in [-0.3, -0.25) is 9.59 Å². The van der Waals surface area contributed by atoms with E-state index in [0.29, 0.717) is 31.2 Å². The Morgan fingerprint density at radius 1 is 1.21 bits per heavy atom. The molecule has 0 unspecified atom stereocenters. The molecule has 1 aliphatic rings. The van der Waals surface area contributed by atoms with Crippen LogP contribution in [0.4, 0.5) is 0 Å². The molecule has 8 heteroatoms. The van der Waals surface area contributed by atoms with Crippen molar-refractivity contribution in [1.29, 1.82) is 0 Å². The van der Waals surface area contributed by atoms with Gasteiger partial charge in [0.1, 0.15) is 0 Å². The van der Waals surface area contributed by atoms with Crippen LogP contribution in [-0.2, 0) is 11.3 Å². The van der Waals surface area contributed by atoms with Gasteiger partial charge in [0.05, 0.1) is 12.2 Å². The molecule has 4 heterocycles. The van der Waals surface area contributed by atoms with Gasteiger partial charge in [0.15, 0.2) is 11.6 Å². The van der Waals surface area contributed by atoms with Crippen LogP contribution in [0, 0.1) is 5.92 Å². The summed E-state index contributed by atoms with van der Waals surface area (Å²) < 4.78 is 6.86. The van der Waals surface area contributed by atoms with E-state index < -0.39 is 0 Å². The number of amides is 2. The first-order chi connectivity index (χ1) is 13.7. The zero-order valence-corrected chi connectivity index (χ0v) is 15.3. The standard InChI is InChI=1S/C20H21N5O3/c26-19(16-6-2-10-24(14-16)20(27)17-7-3-12-28-17)22-13-15-5-1-8-21-18(15)25-11-4-9-23-25/h1,3-5,7-9,11-12,16H,2,6,10,13-14H2,(H,22,26)/t16-/m1/s1. The van der Waals surface area contributed by atoms with Crippen LogP contribution in [0.15, 0.2) is 59.6 Å². The van der Waals surface area contributed by atoms with Crippen LogP contribution in [-0.4, -0.2) is 44.6 Å². The number of hydrogen-bond acceptors (Lipinski definition) is 5. The second kappa shape index (κ2) is 8.08. The Kier molecular flexibility index (Phi) is 5.18. The first kappa shape index (κ1) is 18.0. The van der Waals surface area contributed by atoms with Gasteiger partial charge in [0, 0.05) is 43.8 Å². The second-order valence-electron chi connectivity index (χ2n) is 6.72. The molecule has 1 atom stereocenters. The second-order valence-corrected chi connectivity index (χ2v) is 6.72. The van der Waals surface area contributed by atoms with Crippen LogP contribution in [0.1, 0.15) is 29.0 Å². The van der Waals surface area contributed by atoms with Gasteiger partial charge in [0.2, 0.25) is 5.91 Å². The molecule has 144 valence electrons. The Bertz CT molecular complexity index is 937. The summed E-state index contributed by atoms with van der Waals surface area (Å²) >= 11 is 0. The molecule has 1 N–H and O–H groups in total. The van der Waals surface area contributed by atoms with E-state index in [9.17, 15) is 9.59 Å². The number of aromatic nitrogens is 3. The largest absolute Gasteiger partial charge is 0.459 e. The highest BCUT2D eigenvalue weighted by atomic mass is 16.3. The highest BCUT2D eigenvalue weighted by Crippen LogP contribution is 2.19. The minimum atomic E-state index is -0.238. The SMILES string of the molecule is O=C(NCc1cccnc1-n1cccn1)[C@@H]1CCCN(C(=O)c2ccco2)C1. The maximum Gasteiger partial charge on any atom is 0.289 e. The number of nitrogens with one attached hydrogen (secondary N) is 1. The Hall–Kier alpha value is -3.42. The molecule has 0 saturated carbocycles. The van der Waals surface area contributed by atoms with E-state index in [-0.39, 0.29) is 17.7 Å². The Morgan fingerprint density at radius 3 is 2.93 bits per heavy atom. The van der Waals surface area contributed by atoms with Crippen molar-refractivity contribution in [3.63, 3.8) is 0 Å². The summed E-state index contributed by atoms with van der Waals surface area (Å²) in [5.41, 5.74) is 0.874. The van der Waals surface area contributed by atoms with Gasteiger partial charge < -0.3 is 14.6 Å². The molecule has 3 aromatic heterocycles. The van der Waals surface area contributed by atoms with Gasteiger partial charge in [-0.15, -0.1) is 0 Å². The van der Waals surface area contributed by atoms with Crippen LogP contribution >= 0.6 is 0 Å². The molecule has 1 fully saturated rings. The molecule has 0 radical (unpaired) electrons. The van der Waals surface area contributed by atoms with Gasteiger partial charge in [-0.2, -0.15) is 5.10 Å². The fraction of sp³-hybridized carbons (Fsp3) is 0.300. The van der Waals surface area contributed by atoms with Crippen LogP contribution in [0.5, 0.6) is 0 Å².